The zero-order valence-corrected chi connectivity index (χ0v) is 19.6. The summed E-state index contributed by atoms with van der Waals surface area (Å²) in [6.07, 6.45) is 1.44. The van der Waals surface area contributed by atoms with Gasteiger partial charge in [-0.1, -0.05) is 17.7 Å². The van der Waals surface area contributed by atoms with Gasteiger partial charge in [0, 0.05) is 16.7 Å². The number of aromatic nitrogens is 6. The number of ether oxygens (including phenoxy) is 1. The lowest BCUT2D eigenvalue weighted by Gasteiger charge is -2.09. The largest absolute Gasteiger partial charge is 0.494 e. The Labute approximate surface area is 204 Å². The summed E-state index contributed by atoms with van der Waals surface area (Å²) in [4.78, 5) is 33.0. The van der Waals surface area contributed by atoms with E-state index in [0.717, 1.165) is 0 Å². The second-order valence-corrected chi connectivity index (χ2v) is 8.09. The molecule has 2 N–H and O–H groups in total. The van der Waals surface area contributed by atoms with Crippen molar-refractivity contribution < 1.29 is 9.53 Å². The number of fused-ring (bicyclic) bond motifs is 1. The van der Waals surface area contributed by atoms with Crippen LogP contribution in [0.25, 0.3) is 22.7 Å². The third-order valence-electron chi connectivity index (χ3n) is 5.18. The first-order valence-electron chi connectivity index (χ1n) is 10.8. The Morgan fingerprint density at radius 1 is 1.14 bits per heavy atom. The van der Waals surface area contributed by atoms with E-state index in [1.807, 2.05) is 6.92 Å². The minimum Gasteiger partial charge on any atom is -0.494 e. The van der Waals surface area contributed by atoms with Crippen LogP contribution in [0.15, 0.2) is 65.6 Å². The number of benzene rings is 2. The highest BCUT2D eigenvalue weighted by Gasteiger charge is 2.17. The van der Waals surface area contributed by atoms with Crippen LogP contribution in [-0.2, 0) is 0 Å². The van der Waals surface area contributed by atoms with Crippen LogP contribution in [0.3, 0.4) is 0 Å². The van der Waals surface area contributed by atoms with Gasteiger partial charge in [0.25, 0.3) is 11.5 Å². The summed E-state index contributed by atoms with van der Waals surface area (Å²) in [6, 6.07) is 15.5. The molecule has 0 atom stereocenters. The molecule has 0 saturated heterocycles. The number of H-pyrrole nitrogens is 1. The summed E-state index contributed by atoms with van der Waals surface area (Å²) in [5.41, 5.74) is 1.64. The molecule has 0 aliphatic carbocycles. The van der Waals surface area contributed by atoms with Gasteiger partial charge >= 0.3 is 0 Å². The maximum atomic E-state index is 12.9. The van der Waals surface area contributed by atoms with Crippen LogP contribution in [0.4, 0.5) is 5.82 Å². The van der Waals surface area contributed by atoms with Crippen molar-refractivity contribution in [3.63, 3.8) is 0 Å². The maximum absolute atomic E-state index is 12.9. The number of carbonyl (C=O) groups is 1. The number of halogens is 1. The van der Waals surface area contributed by atoms with Crippen LogP contribution in [0.1, 0.15) is 23.0 Å². The fourth-order valence-electron chi connectivity index (χ4n) is 3.61. The highest BCUT2D eigenvalue weighted by atomic mass is 35.5. The van der Waals surface area contributed by atoms with E-state index in [0.29, 0.717) is 51.2 Å². The molecule has 35 heavy (non-hydrogen) atoms. The van der Waals surface area contributed by atoms with Gasteiger partial charge < -0.3 is 10.1 Å². The lowest BCUT2D eigenvalue weighted by Crippen LogP contribution is -2.19. The van der Waals surface area contributed by atoms with Crippen LogP contribution >= 0.6 is 11.6 Å². The summed E-state index contributed by atoms with van der Waals surface area (Å²) in [5.74, 6) is 0.803. The van der Waals surface area contributed by atoms with E-state index in [1.165, 1.54) is 15.6 Å². The van der Waals surface area contributed by atoms with Crippen LogP contribution in [0.2, 0.25) is 5.02 Å². The Morgan fingerprint density at radius 2 is 1.94 bits per heavy atom. The van der Waals surface area contributed by atoms with Crippen molar-refractivity contribution in [3.05, 3.63) is 87.4 Å². The first kappa shape index (κ1) is 22.4. The molecule has 2 aromatic carbocycles. The van der Waals surface area contributed by atoms with Gasteiger partial charge in [0.1, 0.15) is 17.0 Å². The van der Waals surface area contributed by atoms with Crippen LogP contribution in [-0.4, -0.2) is 42.0 Å². The van der Waals surface area contributed by atoms with Crippen molar-refractivity contribution in [2.45, 2.75) is 13.8 Å². The molecule has 1 amide bonds. The summed E-state index contributed by atoms with van der Waals surface area (Å²) in [7, 11) is 0. The molecule has 0 radical (unpaired) electrons. The predicted molar refractivity (Wildman–Crippen MR) is 132 cm³/mol. The van der Waals surface area contributed by atoms with Crippen LogP contribution < -0.4 is 15.6 Å². The molecule has 3 aromatic heterocycles. The first-order valence-corrected chi connectivity index (χ1v) is 11.2. The van der Waals surface area contributed by atoms with Crippen molar-refractivity contribution in [3.8, 4) is 17.4 Å². The van der Waals surface area contributed by atoms with Gasteiger partial charge in [0.15, 0.2) is 5.65 Å². The smallest absolute Gasteiger partial charge is 0.263 e. The van der Waals surface area contributed by atoms with Crippen molar-refractivity contribution >= 4 is 34.4 Å². The minimum absolute atomic E-state index is 0.126. The van der Waals surface area contributed by atoms with Crippen molar-refractivity contribution in [1.29, 1.82) is 0 Å². The number of nitrogens with one attached hydrogen (secondary N) is 2. The lowest BCUT2D eigenvalue weighted by atomic mass is 10.2. The molecule has 0 unspecified atom stereocenters. The third kappa shape index (κ3) is 4.38. The molecule has 0 aliphatic heterocycles. The van der Waals surface area contributed by atoms with Gasteiger partial charge in [-0.05, 0) is 56.3 Å². The predicted octanol–water partition coefficient (Wildman–Crippen LogP) is 3.91. The molecule has 5 rings (SSSR count). The Hall–Kier alpha value is -4.44. The molecule has 0 spiro atoms. The first-order chi connectivity index (χ1) is 16.9. The zero-order chi connectivity index (χ0) is 24.5. The number of carbonyl (C=O) groups excluding carboxylic acids is 1. The number of amides is 1. The second kappa shape index (κ2) is 9.07. The van der Waals surface area contributed by atoms with E-state index in [2.05, 4.69) is 25.5 Å². The summed E-state index contributed by atoms with van der Waals surface area (Å²) < 4.78 is 8.32. The number of nitrogens with zero attached hydrogens (tertiary/aromatic N) is 5. The van der Waals surface area contributed by atoms with E-state index >= 15 is 0 Å². The fraction of sp³-hybridized carbons (Fsp3) is 0.125. The number of aryl methyl sites for hydroxylation is 1. The van der Waals surface area contributed by atoms with Gasteiger partial charge in [-0.3, -0.25) is 14.6 Å². The Balaban J connectivity index is 1.53. The molecule has 5 aromatic rings. The van der Waals surface area contributed by atoms with E-state index in [1.54, 1.807) is 61.5 Å². The minimum atomic E-state index is -0.393. The molecule has 0 saturated carbocycles. The van der Waals surface area contributed by atoms with E-state index < -0.39 is 5.56 Å². The molecular formula is C24H20ClN7O3. The average molecular weight is 490 g/mol. The van der Waals surface area contributed by atoms with Gasteiger partial charge in [-0.2, -0.15) is 19.9 Å². The number of hydrogen-bond donors (Lipinski definition) is 2. The van der Waals surface area contributed by atoms with Gasteiger partial charge in [0.2, 0.25) is 5.95 Å². The van der Waals surface area contributed by atoms with Gasteiger partial charge in [-0.25, -0.2) is 4.68 Å². The second-order valence-electron chi connectivity index (χ2n) is 7.66. The van der Waals surface area contributed by atoms with Crippen molar-refractivity contribution in [1.82, 2.24) is 29.5 Å². The number of rotatable bonds is 6. The standard InChI is InChI=1S/C24H20ClN7O3/c1-3-35-18-9-7-15(8-10-18)22(33)27-20-11-14(2)30-32(20)24-28-21-19(23(34)29-24)13-26-31(21)17-6-4-5-16(25)12-17/h4-13H,3H2,1-2H3,(H,27,33)(H,28,29,34). The summed E-state index contributed by atoms with van der Waals surface area (Å²) >= 11 is 6.13. The summed E-state index contributed by atoms with van der Waals surface area (Å²) in [5, 5.41) is 12.4. The van der Waals surface area contributed by atoms with Crippen LogP contribution in [0.5, 0.6) is 5.75 Å². The lowest BCUT2D eigenvalue weighted by molar-refractivity contribution is 0.102. The molecular weight excluding hydrogens is 470 g/mol. The van der Waals surface area contributed by atoms with E-state index in [4.69, 9.17) is 16.3 Å². The highest BCUT2D eigenvalue weighted by molar-refractivity contribution is 6.30. The van der Waals surface area contributed by atoms with Crippen LogP contribution in [0, 0.1) is 6.92 Å². The van der Waals surface area contributed by atoms with E-state index in [9.17, 15) is 9.59 Å². The fourth-order valence-corrected chi connectivity index (χ4v) is 3.80. The number of hydrogen-bond acceptors (Lipinski definition) is 6. The van der Waals surface area contributed by atoms with Crippen molar-refractivity contribution in [2.75, 3.05) is 11.9 Å². The SMILES string of the molecule is CCOc1ccc(C(=O)Nc2cc(C)nn2-c2nc3c(cnn3-c3cccc(Cl)c3)c(=O)[nH]2)cc1. The average Bonchev–Trinajstić information content (AvgIpc) is 3.43. The zero-order valence-electron chi connectivity index (χ0n) is 18.8. The number of aromatic amines is 1. The molecule has 11 heteroatoms. The Morgan fingerprint density at radius 3 is 2.69 bits per heavy atom. The monoisotopic (exact) mass is 489 g/mol. The van der Waals surface area contributed by atoms with E-state index in [-0.39, 0.29) is 11.9 Å². The molecule has 0 aliphatic rings. The van der Waals surface area contributed by atoms with Crippen molar-refractivity contribution in [2.24, 2.45) is 0 Å². The topological polar surface area (TPSA) is 120 Å². The molecule has 176 valence electrons. The highest BCUT2D eigenvalue weighted by Crippen LogP contribution is 2.21. The Bertz CT molecular complexity index is 1600. The molecule has 0 bridgehead atoms. The number of anilines is 1. The van der Waals surface area contributed by atoms with Gasteiger partial charge in [0.05, 0.1) is 24.2 Å². The maximum Gasteiger partial charge on any atom is 0.263 e. The molecule has 3 heterocycles. The summed E-state index contributed by atoms with van der Waals surface area (Å²) in [6.45, 7) is 4.20. The van der Waals surface area contributed by atoms with Gasteiger partial charge in [-0.15, -0.1) is 0 Å². The third-order valence-corrected chi connectivity index (χ3v) is 5.41. The normalized spacial score (nSPS) is 11.1. The molecule has 0 fully saturated rings. The Kier molecular flexibility index (Phi) is 5.79. The quantitative estimate of drug-likeness (QED) is 0.373. The molecule has 10 nitrogen and oxygen atoms in total.